The summed E-state index contributed by atoms with van der Waals surface area (Å²) in [7, 11) is -4.31. The number of Topliss-reactive ketones (excluding diaryl/α,β-unsaturated/α-hetero) is 1. The minimum absolute atomic E-state index is 0.213. The lowest BCUT2D eigenvalue weighted by Gasteiger charge is -2.02. The van der Waals surface area contributed by atoms with Crippen LogP contribution in [0.4, 0.5) is 0 Å². The van der Waals surface area contributed by atoms with Crippen LogP contribution in [0.5, 0.6) is 0 Å². The summed E-state index contributed by atoms with van der Waals surface area (Å²) in [5.41, 5.74) is 0.213. The zero-order valence-corrected chi connectivity index (χ0v) is 8.43. The molecular formula is C7H11NO5S. The fourth-order valence-corrected chi connectivity index (χ4v) is 1.09. The normalized spacial score (nSPS) is 10.7. The summed E-state index contributed by atoms with van der Waals surface area (Å²) in [6.45, 7) is 4.32. The van der Waals surface area contributed by atoms with Crippen molar-refractivity contribution in [1.29, 1.82) is 0 Å². The lowest BCUT2D eigenvalue weighted by atomic mass is 10.3. The number of rotatable bonds is 5. The molecule has 0 aromatic rings. The van der Waals surface area contributed by atoms with E-state index in [2.05, 4.69) is 11.9 Å². The van der Waals surface area contributed by atoms with Gasteiger partial charge >= 0.3 is 0 Å². The summed E-state index contributed by atoms with van der Waals surface area (Å²) >= 11 is 0. The summed E-state index contributed by atoms with van der Waals surface area (Å²) in [5, 5.41) is 2.14. The Hall–Kier alpha value is -1.21. The zero-order chi connectivity index (χ0) is 11.4. The van der Waals surface area contributed by atoms with Crippen LogP contribution < -0.4 is 5.32 Å². The maximum Gasteiger partial charge on any atom is 0.272 e. The third-order valence-corrected chi connectivity index (χ3v) is 1.86. The highest BCUT2D eigenvalue weighted by molar-refractivity contribution is 7.86. The first-order valence-corrected chi connectivity index (χ1v) is 5.24. The van der Waals surface area contributed by atoms with E-state index in [0.29, 0.717) is 0 Å². The molecule has 0 radical (unpaired) electrons. The molecule has 0 saturated heterocycles. The van der Waals surface area contributed by atoms with Gasteiger partial charge in [0.1, 0.15) is 5.75 Å². The first-order chi connectivity index (χ1) is 6.22. The average molecular weight is 221 g/mol. The van der Waals surface area contributed by atoms with E-state index in [1.807, 2.05) is 0 Å². The van der Waals surface area contributed by atoms with Crippen LogP contribution in [0.2, 0.25) is 0 Å². The Morgan fingerprint density at radius 2 is 1.93 bits per heavy atom. The highest BCUT2D eigenvalue weighted by Gasteiger charge is 2.13. The molecular weight excluding hydrogens is 210 g/mol. The molecule has 0 saturated carbocycles. The molecule has 0 unspecified atom stereocenters. The lowest BCUT2D eigenvalue weighted by molar-refractivity contribution is -0.121. The van der Waals surface area contributed by atoms with Gasteiger partial charge in [-0.05, 0) is 6.92 Å². The summed E-state index contributed by atoms with van der Waals surface area (Å²) in [4.78, 5) is 21.6. The quantitative estimate of drug-likeness (QED) is 0.464. The molecule has 0 spiro atoms. The van der Waals surface area contributed by atoms with Crippen LogP contribution in [0.1, 0.15) is 6.92 Å². The number of hydrogen-bond donors (Lipinski definition) is 2. The molecule has 1 amide bonds. The number of ketones is 1. The monoisotopic (exact) mass is 221 g/mol. The third kappa shape index (κ3) is 6.32. The Labute approximate surface area is 81.7 Å². The molecule has 0 aliphatic heterocycles. The van der Waals surface area contributed by atoms with Gasteiger partial charge in [0.2, 0.25) is 5.91 Å². The van der Waals surface area contributed by atoms with Gasteiger partial charge in [0.15, 0.2) is 5.78 Å². The van der Waals surface area contributed by atoms with Crippen molar-refractivity contribution >= 4 is 21.8 Å². The fourth-order valence-electron chi connectivity index (χ4n) is 0.584. The number of carbonyl (C=O) groups excluding carboxylic acids is 2. The van der Waals surface area contributed by atoms with Crippen LogP contribution >= 0.6 is 0 Å². The molecule has 7 heteroatoms. The van der Waals surface area contributed by atoms with Crippen LogP contribution in [0.25, 0.3) is 0 Å². The van der Waals surface area contributed by atoms with Crippen molar-refractivity contribution in [3.63, 3.8) is 0 Å². The van der Waals surface area contributed by atoms with Crippen molar-refractivity contribution in [2.75, 3.05) is 12.3 Å². The molecule has 14 heavy (non-hydrogen) atoms. The van der Waals surface area contributed by atoms with Gasteiger partial charge < -0.3 is 5.32 Å². The summed E-state index contributed by atoms with van der Waals surface area (Å²) in [6, 6.07) is 0. The van der Waals surface area contributed by atoms with Gasteiger partial charge in [-0.15, -0.1) is 0 Å². The van der Waals surface area contributed by atoms with Crippen LogP contribution in [0.3, 0.4) is 0 Å². The van der Waals surface area contributed by atoms with E-state index in [-0.39, 0.29) is 5.57 Å². The van der Waals surface area contributed by atoms with Crippen molar-refractivity contribution in [3.05, 3.63) is 12.2 Å². The second-order valence-electron chi connectivity index (χ2n) is 2.73. The SMILES string of the molecule is C=C(C)C(=O)NCC(=O)CS(=O)(=O)O. The lowest BCUT2D eigenvalue weighted by Crippen LogP contribution is -2.32. The number of nitrogens with one attached hydrogen (secondary N) is 1. The minimum atomic E-state index is -4.31. The van der Waals surface area contributed by atoms with Gasteiger partial charge in [-0.3, -0.25) is 14.1 Å². The molecule has 0 aliphatic carbocycles. The Balaban J connectivity index is 3.99. The van der Waals surface area contributed by atoms with Gasteiger partial charge in [0.25, 0.3) is 10.1 Å². The second-order valence-corrected chi connectivity index (χ2v) is 4.18. The van der Waals surface area contributed by atoms with Gasteiger partial charge in [-0.1, -0.05) is 6.58 Å². The van der Waals surface area contributed by atoms with Crippen LogP contribution in [-0.4, -0.2) is 37.0 Å². The third-order valence-electron chi connectivity index (χ3n) is 1.18. The van der Waals surface area contributed by atoms with E-state index in [4.69, 9.17) is 4.55 Å². The van der Waals surface area contributed by atoms with Crippen molar-refractivity contribution in [1.82, 2.24) is 5.32 Å². The Kier molecular flexibility index (Phi) is 4.45. The average Bonchev–Trinajstić information content (AvgIpc) is 1.96. The Bertz CT molecular complexity index is 356. The molecule has 0 fully saturated rings. The minimum Gasteiger partial charge on any atom is -0.345 e. The smallest absolute Gasteiger partial charge is 0.272 e. The summed E-state index contributed by atoms with van der Waals surface area (Å²) in [5.74, 6) is -2.32. The summed E-state index contributed by atoms with van der Waals surface area (Å²) < 4.78 is 28.7. The van der Waals surface area contributed by atoms with E-state index >= 15 is 0 Å². The zero-order valence-electron chi connectivity index (χ0n) is 7.61. The number of carbonyl (C=O) groups is 2. The first kappa shape index (κ1) is 12.8. The van der Waals surface area contributed by atoms with Crippen molar-refractivity contribution in [2.24, 2.45) is 0 Å². The molecule has 0 heterocycles. The van der Waals surface area contributed by atoms with Crippen LogP contribution in [0, 0.1) is 0 Å². The number of amides is 1. The predicted molar refractivity (Wildman–Crippen MR) is 49.2 cm³/mol. The molecule has 80 valence electrons. The molecule has 0 bridgehead atoms. The second kappa shape index (κ2) is 4.87. The van der Waals surface area contributed by atoms with Gasteiger partial charge in [0.05, 0.1) is 6.54 Å². The predicted octanol–water partition coefficient (Wildman–Crippen LogP) is -0.864. The molecule has 2 N–H and O–H groups in total. The van der Waals surface area contributed by atoms with E-state index in [1.54, 1.807) is 0 Å². The van der Waals surface area contributed by atoms with Gasteiger partial charge in [-0.25, -0.2) is 0 Å². The van der Waals surface area contributed by atoms with E-state index in [0.717, 1.165) is 0 Å². The Morgan fingerprint density at radius 3 is 2.29 bits per heavy atom. The molecule has 0 aromatic heterocycles. The van der Waals surface area contributed by atoms with E-state index < -0.39 is 34.1 Å². The van der Waals surface area contributed by atoms with Crippen LogP contribution in [0.15, 0.2) is 12.2 Å². The fraction of sp³-hybridized carbons (Fsp3) is 0.429. The Morgan fingerprint density at radius 1 is 1.43 bits per heavy atom. The van der Waals surface area contributed by atoms with Crippen molar-refractivity contribution in [3.8, 4) is 0 Å². The maximum absolute atomic E-state index is 10.8. The molecule has 0 aromatic carbocycles. The van der Waals surface area contributed by atoms with Gasteiger partial charge in [0, 0.05) is 5.57 Å². The highest BCUT2D eigenvalue weighted by Crippen LogP contribution is 1.87. The standard InChI is InChI=1S/C7H11NO5S/c1-5(2)7(10)8-3-6(9)4-14(11,12)13/h1,3-4H2,2H3,(H,8,10)(H,11,12,13). The summed E-state index contributed by atoms with van der Waals surface area (Å²) in [6.07, 6.45) is 0. The van der Waals surface area contributed by atoms with Crippen molar-refractivity contribution < 1.29 is 22.6 Å². The largest absolute Gasteiger partial charge is 0.345 e. The first-order valence-electron chi connectivity index (χ1n) is 3.63. The molecule has 0 atom stereocenters. The van der Waals surface area contributed by atoms with Crippen molar-refractivity contribution in [2.45, 2.75) is 6.92 Å². The molecule has 0 aliphatic rings. The highest BCUT2D eigenvalue weighted by atomic mass is 32.2. The van der Waals surface area contributed by atoms with E-state index in [1.165, 1.54) is 6.92 Å². The maximum atomic E-state index is 10.8. The van der Waals surface area contributed by atoms with Gasteiger partial charge in [-0.2, -0.15) is 8.42 Å². The van der Waals surface area contributed by atoms with Crippen LogP contribution in [-0.2, 0) is 19.7 Å². The molecule has 6 nitrogen and oxygen atoms in total. The molecule has 0 rings (SSSR count). The number of hydrogen-bond acceptors (Lipinski definition) is 4. The van der Waals surface area contributed by atoms with E-state index in [9.17, 15) is 18.0 Å². The topological polar surface area (TPSA) is 101 Å².